The van der Waals surface area contributed by atoms with Crippen LogP contribution in [0.15, 0.2) is 42.7 Å². The molecule has 1 unspecified atom stereocenters. The summed E-state index contributed by atoms with van der Waals surface area (Å²) in [4.78, 5) is 31.0. The van der Waals surface area contributed by atoms with E-state index in [1.165, 1.54) is 18.3 Å². The van der Waals surface area contributed by atoms with Crippen molar-refractivity contribution in [3.05, 3.63) is 65.4 Å². The van der Waals surface area contributed by atoms with E-state index in [2.05, 4.69) is 15.4 Å². The topological polar surface area (TPSA) is 79.6 Å². The van der Waals surface area contributed by atoms with Crippen LogP contribution in [0.4, 0.5) is 4.39 Å². The number of carbonyl (C=O) groups is 2. The number of halogens is 1. The molecule has 1 aliphatic heterocycles. The van der Waals surface area contributed by atoms with Crippen molar-refractivity contribution in [2.45, 2.75) is 25.2 Å². The summed E-state index contributed by atoms with van der Waals surface area (Å²) in [7, 11) is 1.57. The molecule has 0 bridgehead atoms. The zero-order valence-corrected chi connectivity index (χ0v) is 16.1. The van der Waals surface area contributed by atoms with Gasteiger partial charge in [0.05, 0.1) is 18.3 Å². The second-order valence-electron chi connectivity index (χ2n) is 7.22. The molecule has 0 saturated carbocycles. The third-order valence-corrected chi connectivity index (χ3v) is 5.36. The summed E-state index contributed by atoms with van der Waals surface area (Å²) in [5, 5.41) is 6.96. The first-order valence-corrected chi connectivity index (χ1v) is 9.63. The van der Waals surface area contributed by atoms with Gasteiger partial charge in [0.15, 0.2) is 5.65 Å². The summed E-state index contributed by atoms with van der Waals surface area (Å²) in [5.74, 6) is -0.414. The van der Waals surface area contributed by atoms with E-state index in [9.17, 15) is 14.0 Å². The van der Waals surface area contributed by atoms with Crippen LogP contribution in [0.3, 0.4) is 0 Å². The predicted octanol–water partition coefficient (Wildman–Crippen LogP) is 2.18. The fourth-order valence-electron chi connectivity index (χ4n) is 3.85. The normalized spacial score (nSPS) is 16.8. The van der Waals surface area contributed by atoms with Crippen LogP contribution in [0.2, 0.25) is 0 Å². The molecule has 3 heterocycles. The second kappa shape index (κ2) is 7.98. The molecule has 1 aliphatic rings. The van der Waals surface area contributed by atoms with Crippen LogP contribution in [0.1, 0.15) is 40.4 Å². The second-order valence-corrected chi connectivity index (χ2v) is 7.22. The van der Waals surface area contributed by atoms with E-state index in [0.29, 0.717) is 24.3 Å². The van der Waals surface area contributed by atoms with Gasteiger partial charge in [-0.1, -0.05) is 12.1 Å². The Hall–Kier alpha value is -3.29. The molecule has 2 amide bonds. The molecule has 3 aromatic rings. The lowest BCUT2D eigenvalue weighted by Crippen LogP contribution is -2.40. The number of piperidine rings is 1. The van der Waals surface area contributed by atoms with Crippen LogP contribution >= 0.6 is 0 Å². The zero-order chi connectivity index (χ0) is 20.4. The van der Waals surface area contributed by atoms with Crippen molar-refractivity contribution in [3.63, 3.8) is 0 Å². The van der Waals surface area contributed by atoms with E-state index in [-0.39, 0.29) is 30.0 Å². The number of hydrogen-bond acceptors (Lipinski definition) is 4. The highest BCUT2D eigenvalue weighted by Crippen LogP contribution is 2.28. The molecule has 2 aromatic heterocycles. The Labute approximate surface area is 167 Å². The quantitative estimate of drug-likeness (QED) is 0.734. The lowest BCUT2D eigenvalue weighted by molar-refractivity contribution is -0.131. The van der Waals surface area contributed by atoms with Crippen molar-refractivity contribution in [1.29, 1.82) is 0 Å². The third-order valence-electron chi connectivity index (χ3n) is 5.36. The van der Waals surface area contributed by atoms with Gasteiger partial charge in [0, 0.05) is 32.3 Å². The van der Waals surface area contributed by atoms with Gasteiger partial charge in [0.25, 0.3) is 5.91 Å². The number of fused-ring (bicyclic) bond motifs is 1. The summed E-state index contributed by atoms with van der Waals surface area (Å²) >= 11 is 0. The Balaban J connectivity index is 1.54. The predicted molar refractivity (Wildman–Crippen MR) is 105 cm³/mol. The Kier molecular flexibility index (Phi) is 5.24. The van der Waals surface area contributed by atoms with Gasteiger partial charge >= 0.3 is 0 Å². The number of nitrogens with zero attached hydrogens (tertiary/aromatic N) is 4. The molecule has 1 atom stereocenters. The van der Waals surface area contributed by atoms with Gasteiger partial charge in [-0.15, -0.1) is 0 Å². The molecule has 0 spiro atoms. The van der Waals surface area contributed by atoms with E-state index < -0.39 is 0 Å². The van der Waals surface area contributed by atoms with E-state index in [0.717, 1.165) is 24.1 Å². The molecule has 0 aliphatic carbocycles. The summed E-state index contributed by atoms with van der Waals surface area (Å²) in [6.07, 6.45) is 5.26. The molecule has 1 saturated heterocycles. The molecule has 29 heavy (non-hydrogen) atoms. The zero-order valence-electron chi connectivity index (χ0n) is 16.1. The third kappa shape index (κ3) is 3.83. The minimum absolute atomic E-state index is 0.0260. The van der Waals surface area contributed by atoms with Crippen LogP contribution in [0, 0.1) is 5.82 Å². The van der Waals surface area contributed by atoms with Crippen molar-refractivity contribution in [2.75, 3.05) is 20.1 Å². The van der Waals surface area contributed by atoms with Gasteiger partial charge in [-0.3, -0.25) is 9.59 Å². The molecule has 8 heteroatoms. The van der Waals surface area contributed by atoms with Crippen LogP contribution in [-0.4, -0.2) is 51.4 Å². The van der Waals surface area contributed by atoms with Crippen molar-refractivity contribution in [3.8, 4) is 0 Å². The molecule has 1 fully saturated rings. The van der Waals surface area contributed by atoms with E-state index in [1.807, 2.05) is 11.0 Å². The smallest absolute Gasteiger partial charge is 0.256 e. The number of carbonyl (C=O) groups excluding carboxylic acids is 2. The lowest BCUT2D eigenvalue weighted by Gasteiger charge is -2.33. The van der Waals surface area contributed by atoms with Gasteiger partial charge in [-0.25, -0.2) is 13.9 Å². The molecule has 7 nitrogen and oxygen atoms in total. The van der Waals surface area contributed by atoms with Gasteiger partial charge in [0.1, 0.15) is 11.4 Å². The number of benzene rings is 1. The maximum Gasteiger partial charge on any atom is 0.256 e. The average molecular weight is 395 g/mol. The number of amides is 2. The van der Waals surface area contributed by atoms with Crippen LogP contribution in [0.25, 0.3) is 5.65 Å². The highest BCUT2D eigenvalue weighted by Gasteiger charge is 2.27. The molecule has 1 aromatic carbocycles. The minimum Gasteiger partial charge on any atom is -0.355 e. The fourth-order valence-corrected chi connectivity index (χ4v) is 3.85. The number of nitrogens with one attached hydrogen (secondary N) is 1. The average Bonchev–Trinajstić information content (AvgIpc) is 3.19. The largest absolute Gasteiger partial charge is 0.355 e. The van der Waals surface area contributed by atoms with Crippen LogP contribution < -0.4 is 5.32 Å². The van der Waals surface area contributed by atoms with Gasteiger partial charge in [-0.05, 0) is 36.6 Å². The van der Waals surface area contributed by atoms with Crippen molar-refractivity contribution in [1.82, 2.24) is 24.8 Å². The first-order chi connectivity index (χ1) is 14.1. The van der Waals surface area contributed by atoms with E-state index >= 15 is 0 Å². The van der Waals surface area contributed by atoms with Crippen molar-refractivity contribution in [2.24, 2.45) is 0 Å². The maximum atomic E-state index is 13.1. The maximum absolute atomic E-state index is 13.1. The highest BCUT2D eigenvalue weighted by molar-refractivity contribution is 5.99. The van der Waals surface area contributed by atoms with Crippen molar-refractivity contribution >= 4 is 17.5 Å². The Bertz CT molecular complexity index is 1050. The first-order valence-electron chi connectivity index (χ1n) is 9.63. The van der Waals surface area contributed by atoms with Gasteiger partial charge < -0.3 is 10.2 Å². The fraction of sp³-hybridized carbons (Fsp3) is 0.333. The Morgan fingerprint density at radius 3 is 2.79 bits per heavy atom. The monoisotopic (exact) mass is 395 g/mol. The molecule has 4 rings (SSSR count). The SMILES string of the molecule is CNC(=O)c1cnn2c(C3CCCN(C(=O)Cc4ccc(F)cc4)C3)ccnc12. The number of likely N-dealkylation sites (tertiary alicyclic amines) is 1. The molecule has 150 valence electrons. The molecule has 0 radical (unpaired) electrons. The summed E-state index contributed by atoms with van der Waals surface area (Å²) in [6.45, 7) is 1.28. The number of rotatable bonds is 4. The van der Waals surface area contributed by atoms with Gasteiger partial charge in [-0.2, -0.15) is 5.10 Å². The van der Waals surface area contributed by atoms with E-state index in [4.69, 9.17) is 0 Å². The standard InChI is InChI=1S/C21H22FN5O2/c1-23-21(29)17-12-25-27-18(8-9-24-20(17)27)15-3-2-10-26(13-15)19(28)11-14-4-6-16(22)7-5-14/h4-9,12,15H,2-3,10-11,13H2,1H3,(H,23,29). The molecule has 1 N–H and O–H groups in total. The minimum atomic E-state index is -0.309. The molecular formula is C21H22FN5O2. The number of hydrogen-bond donors (Lipinski definition) is 1. The van der Waals surface area contributed by atoms with Crippen LogP contribution in [0.5, 0.6) is 0 Å². The van der Waals surface area contributed by atoms with Gasteiger partial charge in [0.2, 0.25) is 5.91 Å². The Morgan fingerprint density at radius 2 is 2.03 bits per heavy atom. The summed E-state index contributed by atoms with van der Waals surface area (Å²) < 4.78 is 14.8. The lowest BCUT2D eigenvalue weighted by atomic mass is 9.94. The van der Waals surface area contributed by atoms with Crippen molar-refractivity contribution < 1.29 is 14.0 Å². The number of aromatic nitrogens is 3. The molecular weight excluding hydrogens is 373 g/mol. The van der Waals surface area contributed by atoms with E-state index in [1.54, 1.807) is 29.9 Å². The first kappa shape index (κ1) is 19.0. The Morgan fingerprint density at radius 1 is 1.24 bits per heavy atom. The highest BCUT2D eigenvalue weighted by atomic mass is 19.1. The van der Waals surface area contributed by atoms with Crippen LogP contribution in [-0.2, 0) is 11.2 Å². The summed E-state index contributed by atoms with van der Waals surface area (Å²) in [5.41, 5.74) is 2.67. The summed E-state index contributed by atoms with van der Waals surface area (Å²) in [6, 6.07) is 7.93.